The van der Waals surface area contributed by atoms with Crippen LogP contribution in [-0.2, 0) is 4.79 Å². The Balaban J connectivity index is 1.75. The molecule has 2 atom stereocenters. The maximum atomic E-state index is 12.5. The average molecular weight is 398 g/mol. The van der Waals surface area contributed by atoms with E-state index < -0.39 is 15.0 Å². The first-order chi connectivity index (χ1) is 12.2. The van der Waals surface area contributed by atoms with E-state index in [4.69, 9.17) is 4.99 Å². The average Bonchev–Trinajstić information content (AvgIpc) is 2.97. The van der Waals surface area contributed by atoms with Crippen LogP contribution < -0.4 is 0 Å². The molecule has 0 N–H and O–H groups in total. The van der Waals surface area contributed by atoms with Crippen LogP contribution in [-0.4, -0.2) is 37.0 Å². The molecule has 0 saturated heterocycles. The van der Waals surface area contributed by atoms with E-state index in [1.54, 1.807) is 11.6 Å². The molecule has 1 saturated carbocycles. The first-order valence-electron chi connectivity index (χ1n) is 9.38. The van der Waals surface area contributed by atoms with Gasteiger partial charge in [-0.25, -0.2) is 0 Å². The Bertz CT molecular complexity index is 828. The van der Waals surface area contributed by atoms with Crippen molar-refractivity contribution in [3.05, 3.63) is 33.6 Å². The zero-order chi connectivity index (χ0) is 17.0. The fourth-order valence-electron chi connectivity index (χ4n) is 5.47. The Kier molecular flexibility index (Phi) is 3.55. The Morgan fingerprint density at radius 1 is 1.24 bits per heavy atom. The van der Waals surface area contributed by atoms with Crippen molar-refractivity contribution >= 4 is 26.5 Å². The van der Waals surface area contributed by atoms with Gasteiger partial charge in [-0.05, 0) is 0 Å². The van der Waals surface area contributed by atoms with Gasteiger partial charge in [0.2, 0.25) is 0 Å². The minimum absolute atomic E-state index is 0.0171. The van der Waals surface area contributed by atoms with E-state index in [0.29, 0.717) is 5.92 Å². The molecule has 0 amide bonds. The van der Waals surface area contributed by atoms with Gasteiger partial charge in [-0.15, -0.1) is 0 Å². The predicted octanol–water partition coefficient (Wildman–Crippen LogP) is 3.40. The summed E-state index contributed by atoms with van der Waals surface area (Å²) < 4.78 is 0.719. The van der Waals surface area contributed by atoms with Gasteiger partial charge in [0.15, 0.2) is 0 Å². The summed E-state index contributed by atoms with van der Waals surface area (Å²) in [7, 11) is 0. The van der Waals surface area contributed by atoms with E-state index in [1.807, 2.05) is 6.08 Å². The van der Waals surface area contributed by atoms with Crippen LogP contribution in [0.1, 0.15) is 57.8 Å². The van der Waals surface area contributed by atoms with Crippen molar-refractivity contribution in [3.8, 4) is 4.97 Å². The molecule has 0 radical (unpaired) electrons. The quantitative estimate of drug-likeness (QED) is 0.503. The van der Waals surface area contributed by atoms with Gasteiger partial charge in [-0.3, -0.25) is 0 Å². The van der Waals surface area contributed by atoms with Crippen molar-refractivity contribution in [2.75, 3.05) is 0 Å². The van der Waals surface area contributed by atoms with Gasteiger partial charge in [0, 0.05) is 0 Å². The maximum absolute atomic E-state index is 12.5. The Morgan fingerprint density at radius 3 is 3.00 bits per heavy atom. The number of nitriles is 1. The van der Waals surface area contributed by atoms with Gasteiger partial charge < -0.3 is 0 Å². The number of nitrogens with zero attached hydrogens (tertiary/aromatic N) is 3. The number of allylic oxidation sites excluding steroid dienone is 5. The van der Waals surface area contributed by atoms with Crippen molar-refractivity contribution in [3.63, 3.8) is 0 Å². The molecule has 2 aliphatic heterocycles. The van der Waals surface area contributed by atoms with Gasteiger partial charge in [-0.1, -0.05) is 0 Å². The molecular weight excluding hydrogens is 377 g/mol. The summed E-state index contributed by atoms with van der Waals surface area (Å²) in [6.45, 7) is 0. The van der Waals surface area contributed by atoms with E-state index >= 15 is 0 Å². The van der Waals surface area contributed by atoms with E-state index in [-0.39, 0.29) is 11.4 Å². The van der Waals surface area contributed by atoms with Crippen molar-refractivity contribution in [1.82, 2.24) is 4.90 Å². The van der Waals surface area contributed by atoms with Crippen LogP contribution in [0.15, 0.2) is 38.6 Å². The van der Waals surface area contributed by atoms with Crippen molar-refractivity contribution in [2.24, 2.45) is 10.9 Å². The number of rotatable bonds is 1. The molecule has 2 heterocycles. The summed E-state index contributed by atoms with van der Waals surface area (Å²) in [5.74, 6) is 0.575. The molecule has 0 bridgehead atoms. The van der Waals surface area contributed by atoms with Crippen molar-refractivity contribution in [1.29, 1.82) is 5.26 Å². The first kappa shape index (κ1) is 15.6. The molecule has 1 fully saturated rings. The van der Waals surface area contributed by atoms with E-state index in [2.05, 4.69) is 9.87 Å². The molecule has 2 unspecified atom stereocenters. The van der Waals surface area contributed by atoms with Crippen LogP contribution in [0.3, 0.4) is 0 Å². The van der Waals surface area contributed by atoms with Gasteiger partial charge in [0.1, 0.15) is 0 Å². The summed E-state index contributed by atoms with van der Waals surface area (Å²) in [6, 6.07) is 0. The van der Waals surface area contributed by atoms with Crippen LogP contribution in [0.5, 0.6) is 0 Å². The second-order valence-electron chi connectivity index (χ2n) is 7.68. The third kappa shape index (κ3) is 2.11. The molecular formula is C20H21N3OSe. The monoisotopic (exact) mass is 399 g/mol. The number of aliphatic imine (C=N–C) groups is 1. The summed E-state index contributed by atoms with van der Waals surface area (Å²) in [5.41, 5.74) is 4.81. The topological polar surface area (TPSA) is 56.5 Å². The second kappa shape index (κ2) is 5.69. The van der Waals surface area contributed by atoms with Gasteiger partial charge >= 0.3 is 154 Å². The molecule has 5 heteroatoms. The normalized spacial score (nSPS) is 33.4. The van der Waals surface area contributed by atoms with Gasteiger partial charge in [0.25, 0.3) is 0 Å². The summed E-state index contributed by atoms with van der Waals surface area (Å²) in [6.07, 6.45) is 14.3. The number of hydrogen-bond acceptors (Lipinski definition) is 4. The molecule has 25 heavy (non-hydrogen) atoms. The third-order valence-electron chi connectivity index (χ3n) is 6.46. The minimum atomic E-state index is -0.444. The molecule has 0 aromatic heterocycles. The standard InChI is InChI=1S/C20H21N3OSe/c21-12-25-19-17(24)9-8-15-18(19)23-16-7-2-1-5-13(16)11-14-6-3-4-10-20(14,23)22-15/h8-9,14H,1-7,10-11H2. The van der Waals surface area contributed by atoms with Crippen LogP contribution >= 0.6 is 0 Å². The number of fused-ring (bicyclic) bond motifs is 3. The number of carbonyl (C=O) groups excluding carboxylic acids is 1. The number of carbonyl (C=O) groups is 1. The number of ketones is 1. The molecule has 1 spiro atoms. The Hall–Kier alpha value is -1.63. The van der Waals surface area contributed by atoms with E-state index in [0.717, 1.165) is 28.7 Å². The fourth-order valence-corrected chi connectivity index (χ4v) is 6.63. The van der Waals surface area contributed by atoms with Crippen LogP contribution in [0.2, 0.25) is 0 Å². The Labute approximate surface area is 154 Å². The van der Waals surface area contributed by atoms with Crippen LogP contribution in [0, 0.1) is 16.1 Å². The van der Waals surface area contributed by atoms with Gasteiger partial charge in [0.05, 0.1) is 0 Å². The summed E-state index contributed by atoms with van der Waals surface area (Å²) >= 11 is -0.444. The Morgan fingerprint density at radius 2 is 2.12 bits per heavy atom. The molecule has 4 nitrogen and oxygen atoms in total. The SMILES string of the molecule is N#C[Se]C1=C2C(=NC34CCCCC3CC3=C(CCCC3)N24)C=CC1=O. The van der Waals surface area contributed by atoms with Crippen LogP contribution in [0.25, 0.3) is 0 Å². The van der Waals surface area contributed by atoms with Gasteiger partial charge in [-0.2, -0.15) is 0 Å². The summed E-state index contributed by atoms with van der Waals surface area (Å²) in [5, 5.41) is 9.31. The predicted molar refractivity (Wildman–Crippen MR) is 96.6 cm³/mol. The summed E-state index contributed by atoms with van der Waals surface area (Å²) in [4.78, 5) is 22.5. The first-order valence-corrected chi connectivity index (χ1v) is 11.1. The van der Waals surface area contributed by atoms with E-state index in [1.165, 1.54) is 50.6 Å². The molecule has 128 valence electrons. The van der Waals surface area contributed by atoms with E-state index in [9.17, 15) is 10.1 Å². The van der Waals surface area contributed by atoms with Crippen LogP contribution in [0.4, 0.5) is 0 Å². The van der Waals surface area contributed by atoms with Crippen molar-refractivity contribution < 1.29 is 4.79 Å². The second-order valence-corrected chi connectivity index (χ2v) is 9.35. The fraction of sp³-hybridized carbons (Fsp3) is 0.550. The van der Waals surface area contributed by atoms with Crippen molar-refractivity contribution in [2.45, 2.75) is 63.5 Å². The molecule has 5 rings (SSSR count). The molecule has 5 aliphatic rings. The zero-order valence-electron chi connectivity index (χ0n) is 14.3. The molecule has 0 aromatic rings. The number of hydrogen-bond donors (Lipinski definition) is 0. The molecule has 3 aliphatic carbocycles. The molecule has 0 aromatic carbocycles. The third-order valence-corrected chi connectivity index (χ3v) is 7.91. The zero-order valence-corrected chi connectivity index (χ0v) is 16.0.